The van der Waals surface area contributed by atoms with Crippen LogP contribution in [-0.4, -0.2) is 38.8 Å². The number of aryl methyl sites for hydroxylation is 1. The van der Waals surface area contributed by atoms with Gasteiger partial charge in [0, 0.05) is 47.0 Å². The van der Waals surface area contributed by atoms with Crippen LogP contribution in [0.4, 0.5) is 16.2 Å². The van der Waals surface area contributed by atoms with Crippen molar-refractivity contribution in [2.45, 2.75) is 13.5 Å². The van der Waals surface area contributed by atoms with Crippen molar-refractivity contribution < 1.29 is 19.3 Å². The number of benzene rings is 3. The van der Waals surface area contributed by atoms with E-state index in [0.29, 0.717) is 17.8 Å². The van der Waals surface area contributed by atoms with Crippen molar-refractivity contribution in [3.05, 3.63) is 111 Å². The van der Waals surface area contributed by atoms with E-state index in [1.807, 2.05) is 48.0 Å². The van der Waals surface area contributed by atoms with E-state index in [-0.39, 0.29) is 11.4 Å². The van der Waals surface area contributed by atoms with E-state index in [1.165, 1.54) is 12.1 Å². The van der Waals surface area contributed by atoms with Gasteiger partial charge < -0.3 is 15.2 Å². The number of hydrogen-bond acceptors (Lipinski definition) is 5. The second-order valence-electron chi connectivity index (χ2n) is 8.95. The second kappa shape index (κ2) is 10.0. The zero-order valence-corrected chi connectivity index (χ0v) is 20.4. The van der Waals surface area contributed by atoms with Crippen molar-refractivity contribution >= 4 is 46.2 Å². The van der Waals surface area contributed by atoms with Crippen LogP contribution < -0.4 is 10.6 Å². The third-order valence-electron chi connectivity index (χ3n) is 6.19. The molecular weight excluding hydrogens is 486 g/mol. The summed E-state index contributed by atoms with van der Waals surface area (Å²) in [5, 5.41) is 17.1. The van der Waals surface area contributed by atoms with Gasteiger partial charge in [-0.15, -0.1) is 0 Å². The molecular formula is C28H23N5O5. The quantitative estimate of drug-likeness (QED) is 0.165. The molecule has 1 aromatic heterocycles. The third kappa shape index (κ3) is 5.00. The molecule has 0 spiro atoms. The lowest BCUT2D eigenvalue weighted by Gasteiger charge is -2.12. The summed E-state index contributed by atoms with van der Waals surface area (Å²) in [6.07, 6.45) is 3.44. The number of hydrogen-bond donors (Lipinski definition) is 2. The molecule has 0 unspecified atom stereocenters. The minimum atomic E-state index is -0.671. The van der Waals surface area contributed by atoms with E-state index < -0.39 is 29.3 Å². The van der Waals surface area contributed by atoms with E-state index in [9.17, 15) is 24.5 Å². The predicted octanol–water partition coefficient (Wildman–Crippen LogP) is 4.44. The van der Waals surface area contributed by atoms with E-state index in [2.05, 4.69) is 10.6 Å². The molecule has 1 saturated heterocycles. The summed E-state index contributed by atoms with van der Waals surface area (Å²) >= 11 is 0. The summed E-state index contributed by atoms with van der Waals surface area (Å²) < 4.78 is 1.97. The Labute approximate surface area is 217 Å². The Morgan fingerprint density at radius 2 is 1.82 bits per heavy atom. The molecule has 1 aliphatic heterocycles. The van der Waals surface area contributed by atoms with Gasteiger partial charge in [-0.3, -0.25) is 19.7 Å². The Morgan fingerprint density at radius 3 is 2.55 bits per heavy atom. The fraction of sp³-hybridized carbons (Fsp3) is 0.107. The van der Waals surface area contributed by atoms with Crippen LogP contribution in [-0.2, 0) is 16.1 Å². The highest BCUT2D eigenvalue weighted by atomic mass is 16.6. The Hall–Kier alpha value is -5.25. The maximum Gasteiger partial charge on any atom is 0.329 e. The topological polar surface area (TPSA) is 127 Å². The van der Waals surface area contributed by atoms with Crippen LogP contribution in [0.25, 0.3) is 17.0 Å². The number of fused-ring (bicyclic) bond motifs is 1. The molecule has 4 aromatic rings. The lowest BCUT2D eigenvalue weighted by molar-refractivity contribution is -0.384. The summed E-state index contributed by atoms with van der Waals surface area (Å²) in [6.45, 7) is 1.93. The van der Waals surface area contributed by atoms with Gasteiger partial charge in [0.2, 0.25) is 5.91 Å². The zero-order chi connectivity index (χ0) is 26.8. The van der Waals surface area contributed by atoms with Gasteiger partial charge in [-0.2, -0.15) is 0 Å². The number of nitrogens with one attached hydrogen (secondary N) is 2. The van der Waals surface area contributed by atoms with Crippen molar-refractivity contribution in [1.82, 2.24) is 14.8 Å². The number of imide groups is 1. The lowest BCUT2D eigenvalue weighted by Crippen LogP contribution is -2.38. The highest BCUT2D eigenvalue weighted by Crippen LogP contribution is 2.26. The normalized spacial score (nSPS) is 14.2. The van der Waals surface area contributed by atoms with E-state index >= 15 is 0 Å². The van der Waals surface area contributed by atoms with Crippen LogP contribution in [0, 0.1) is 17.0 Å². The number of nitrogens with zero attached hydrogens (tertiary/aromatic N) is 3. The van der Waals surface area contributed by atoms with Gasteiger partial charge in [-0.1, -0.05) is 42.5 Å². The summed E-state index contributed by atoms with van der Waals surface area (Å²) in [5.74, 6) is -1.08. The van der Waals surface area contributed by atoms with Crippen LogP contribution >= 0.6 is 0 Å². The minimum absolute atomic E-state index is 0.0177. The monoisotopic (exact) mass is 509 g/mol. The summed E-state index contributed by atoms with van der Waals surface area (Å²) in [5.41, 5.74) is 4.10. The first-order valence-electron chi connectivity index (χ1n) is 11.8. The number of nitro benzene ring substituents is 1. The number of carbonyl (C=O) groups excluding carboxylic acids is 3. The first-order valence-corrected chi connectivity index (χ1v) is 11.8. The maximum absolute atomic E-state index is 13.0. The molecule has 38 heavy (non-hydrogen) atoms. The average Bonchev–Trinajstić information content (AvgIpc) is 3.36. The maximum atomic E-state index is 13.0. The molecule has 0 radical (unpaired) electrons. The van der Waals surface area contributed by atoms with E-state index in [0.717, 1.165) is 26.9 Å². The van der Waals surface area contributed by atoms with Gasteiger partial charge in [-0.05, 0) is 42.3 Å². The van der Waals surface area contributed by atoms with Crippen LogP contribution in [0.15, 0.2) is 84.7 Å². The standard InChI is InChI=1S/C28H23N5O5/c1-18-5-4-6-21(13-18)29-26(34)17-32-27(35)24(30-28(32)36)14-20-16-31(25-8-3-2-7-23(20)25)15-19-9-11-22(12-10-19)33(37)38/h2-14,16H,15,17H2,1H3,(H,29,34)(H,30,36)/b24-14+. The summed E-state index contributed by atoms with van der Waals surface area (Å²) in [6, 6.07) is 20.5. The van der Waals surface area contributed by atoms with Crippen LogP contribution in [0.3, 0.4) is 0 Å². The molecule has 10 heteroatoms. The number of carbonyl (C=O) groups is 3. The van der Waals surface area contributed by atoms with Crippen molar-refractivity contribution in [3.8, 4) is 0 Å². The van der Waals surface area contributed by atoms with Gasteiger partial charge in [-0.25, -0.2) is 9.69 Å². The summed E-state index contributed by atoms with van der Waals surface area (Å²) in [4.78, 5) is 49.4. The van der Waals surface area contributed by atoms with Crippen LogP contribution in [0.2, 0.25) is 0 Å². The van der Waals surface area contributed by atoms with Crippen LogP contribution in [0.5, 0.6) is 0 Å². The molecule has 190 valence electrons. The second-order valence-corrected chi connectivity index (χ2v) is 8.95. The fourth-order valence-electron chi connectivity index (χ4n) is 4.38. The Bertz CT molecular complexity index is 1620. The fourth-order valence-corrected chi connectivity index (χ4v) is 4.38. The average molecular weight is 510 g/mol. The smallest absolute Gasteiger partial charge is 0.329 e. The largest absolute Gasteiger partial charge is 0.342 e. The first-order chi connectivity index (χ1) is 18.3. The highest BCUT2D eigenvalue weighted by molar-refractivity contribution is 6.16. The molecule has 5 rings (SSSR count). The molecule has 4 amide bonds. The molecule has 0 bridgehead atoms. The molecule has 2 heterocycles. The minimum Gasteiger partial charge on any atom is -0.342 e. The molecule has 0 saturated carbocycles. The molecule has 0 aliphatic carbocycles. The number of rotatable bonds is 7. The van der Waals surface area contributed by atoms with Gasteiger partial charge in [0.1, 0.15) is 12.2 Å². The van der Waals surface area contributed by atoms with Gasteiger partial charge in [0.15, 0.2) is 0 Å². The van der Waals surface area contributed by atoms with Crippen molar-refractivity contribution in [2.75, 3.05) is 11.9 Å². The number of anilines is 1. The number of urea groups is 1. The molecule has 10 nitrogen and oxygen atoms in total. The van der Waals surface area contributed by atoms with Crippen molar-refractivity contribution in [2.24, 2.45) is 0 Å². The van der Waals surface area contributed by atoms with Crippen molar-refractivity contribution in [3.63, 3.8) is 0 Å². The number of para-hydroxylation sites is 1. The Morgan fingerprint density at radius 1 is 1.05 bits per heavy atom. The van der Waals surface area contributed by atoms with Crippen LogP contribution in [0.1, 0.15) is 16.7 Å². The van der Waals surface area contributed by atoms with E-state index in [4.69, 9.17) is 0 Å². The number of non-ortho nitro benzene ring substituents is 1. The summed E-state index contributed by atoms with van der Waals surface area (Å²) in [7, 11) is 0. The van der Waals surface area contributed by atoms with Gasteiger partial charge in [0.05, 0.1) is 4.92 Å². The molecule has 1 fully saturated rings. The van der Waals surface area contributed by atoms with E-state index in [1.54, 1.807) is 36.4 Å². The SMILES string of the molecule is Cc1cccc(NC(=O)CN2C(=O)N/C(=C/c3cn(Cc4ccc([N+](=O)[O-])cc4)c4ccccc34)C2=O)c1. The third-order valence-corrected chi connectivity index (χ3v) is 6.19. The number of nitro groups is 1. The highest BCUT2D eigenvalue weighted by Gasteiger charge is 2.35. The first kappa shape index (κ1) is 24.4. The molecule has 3 aromatic carbocycles. The molecule has 1 aliphatic rings. The number of amides is 4. The zero-order valence-electron chi connectivity index (χ0n) is 20.4. The van der Waals surface area contributed by atoms with Gasteiger partial charge in [0.25, 0.3) is 11.6 Å². The Kier molecular flexibility index (Phi) is 6.44. The van der Waals surface area contributed by atoms with Crippen molar-refractivity contribution in [1.29, 1.82) is 0 Å². The van der Waals surface area contributed by atoms with Gasteiger partial charge >= 0.3 is 6.03 Å². The molecule has 2 N–H and O–H groups in total. The predicted molar refractivity (Wildman–Crippen MR) is 142 cm³/mol. The Balaban J connectivity index is 1.36. The number of aromatic nitrogens is 1. The molecule has 0 atom stereocenters. The lowest BCUT2D eigenvalue weighted by atomic mass is 10.1.